The molecule has 1 heterocycles. The Morgan fingerprint density at radius 3 is 2.43 bits per heavy atom. The van der Waals surface area contributed by atoms with Crippen LogP contribution in [0.5, 0.6) is 0 Å². The smallest absolute Gasteiger partial charge is 0.0766 e. The Labute approximate surface area is 137 Å². The number of aryl methyl sites for hydroxylation is 2. The fourth-order valence-corrected chi connectivity index (χ4v) is 4.78. The SMILES string of the molecule is CCc1nn(C)c(CC(O)C2(CC(C)C)CCCC2)c1Br. The van der Waals surface area contributed by atoms with Crippen LogP contribution in [0.2, 0.25) is 0 Å². The molecule has 4 heteroatoms. The first kappa shape index (κ1) is 17.0. The molecular formula is C17H29BrN2O. The van der Waals surface area contributed by atoms with Crippen LogP contribution in [0.1, 0.15) is 64.3 Å². The molecule has 3 nitrogen and oxygen atoms in total. The van der Waals surface area contributed by atoms with Crippen molar-refractivity contribution in [3.63, 3.8) is 0 Å². The fourth-order valence-electron chi connectivity index (χ4n) is 4.01. The average Bonchev–Trinajstić information content (AvgIpc) is 2.98. The van der Waals surface area contributed by atoms with Crippen LogP contribution in [-0.4, -0.2) is 21.0 Å². The maximum Gasteiger partial charge on any atom is 0.0766 e. The molecule has 1 atom stereocenters. The first-order valence-corrected chi connectivity index (χ1v) is 9.07. The quantitative estimate of drug-likeness (QED) is 0.826. The van der Waals surface area contributed by atoms with E-state index in [2.05, 4.69) is 41.8 Å². The minimum atomic E-state index is -0.265. The number of hydrogen-bond acceptors (Lipinski definition) is 2. The van der Waals surface area contributed by atoms with E-state index < -0.39 is 0 Å². The third kappa shape index (κ3) is 3.53. The number of rotatable bonds is 6. The van der Waals surface area contributed by atoms with Crippen molar-refractivity contribution in [2.24, 2.45) is 18.4 Å². The molecule has 0 spiro atoms. The number of hydrogen-bond donors (Lipinski definition) is 1. The molecule has 1 aliphatic rings. The Hall–Kier alpha value is -0.350. The molecule has 0 bridgehead atoms. The Kier molecular flexibility index (Phi) is 5.53. The maximum atomic E-state index is 11.0. The van der Waals surface area contributed by atoms with E-state index in [0.29, 0.717) is 12.3 Å². The molecule has 1 fully saturated rings. The standard InChI is InChI=1S/C17H29BrN2O/c1-5-13-16(18)14(20(4)19-13)10-15(21)17(11-12(2)3)8-6-7-9-17/h12,15,21H,5-11H2,1-4H3. The van der Waals surface area contributed by atoms with Gasteiger partial charge in [-0.15, -0.1) is 0 Å². The first-order chi connectivity index (χ1) is 9.89. The minimum absolute atomic E-state index is 0.115. The lowest BCUT2D eigenvalue weighted by Gasteiger charge is -2.36. The molecule has 1 saturated carbocycles. The van der Waals surface area contributed by atoms with Gasteiger partial charge in [-0.1, -0.05) is 33.6 Å². The molecule has 1 aliphatic carbocycles. The molecule has 0 aliphatic heterocycles. The second kappa shape index (κ2) is 6.82. The van der Waals surface area contributed by atoms with Gasteiger partial charge >= 0.3 is 0 Å². The van der Waals surface area contributed by atoms with E-state index in [9.17, 15) is 5.11 Å². The lowest BCUT2D eigenvalue weighted by atomic mass is 9.72. The Balaban J connectivity index is 2.19. The van der Waals surface area contributed by atoms with E-state index in [-0.39, 0.29) is 11.5 Å². The maximum absolute atomic E-state index is 11.0. The van der Waals surface area contributed by atoms with Crippen molar-refractivity contribution in [3.8, 4) is 0 Å². The summed E-state index contributed by atoms with van der Waals surface area (Å²) >= 11 is 3.67. The van der Waals surface area contributed by atoms with Crippen LogP contribution >= 0.6 is 15.9 Å². The van der Waals surface area contributed by atoms with Gasteiger partial charge in [0.25, 0.3) is 0 Å². The van der Waals surface area contributed by atoms with Crippen LogP contribution in [0.3, 0.4) is 0 Å². The zero-order valence-corrected chi connectivity index (χ0v) is 15.4. The van der Waals surface area contributed by atoms with Crippen molar-refractivity contribution in [2.75, 3.05) is 0 Å². The molecule has 2 rings (SSSR count). The summed E-state index contributed by atoms with van der Waals surface area (Å²) in [6.45, 7) is 6.65. The van der Waals surface area contributed by atoms with E-state index in [4.69, 9.17) is 0 Å². The summed E-state index contributed by atoms with van der Waals surface area (Å²) in [5.41, 5.74) is 2.34. The number of aromatic nitrogens is 2. The second-order valence-electron chi connectivity index (χ2n) is 7.07. The van der Waals surface area contributed by atoms with Gasteiger partial charge in [0, 0.05) is 13.5 Å². The van der Waals surface area contributed by atoms with Crippen LogP contribution in [-0.2, 0) is 19.9 Å². The minimum Gasteiger partial charge on any atom is -0.392 e. The van der Waals surface area contributed by atoms with Crippen LogP contribution in [0.25, 0.3) is 0 Å². The molecule has 1 N–H and O–H groups in total. The van der Waals surface area contributed by atoms with E-state index in [0.717, 1.165) is 28.7 Å². The number of aliphatic hydroxyl groups excluding tert-OH is 1. The van der Waals surface area contributed by atoms with Gasteiger partial charge in [-0.25, -0.2) is 0 Å². The molecule has 0 saturated heterocycles. The highest BCUT2D eigenvalue weighted by Gasteiger charge is 2.41. The Bertz CT molecular complexity index is 475. The molecule has 0 amide bonds. The van der Waals surface area contributed by atoms with Crippen LogP contribution in [0.4, 0.5) is 0 Å². The summed E-state index contributed by atoms with van der Waals surface area (Å²) in [6, 6.07) is 0. The zero-order chi connectivity index (χ0) is 15.6. The molecular weight excluding hydrogens is 328 g/mol. The van der Waals surface area contributed by atoms with Crippen molar-refractivity contribution < 1.29 is 5.11 Å². The summed E-state index contributed by atoms with van der Waals surface area (Å²) < 4.78 is 3.02. The van der Waals surface area contributed by atoms with E-state index in [1.54, 1.807) is 0 Å². The fraction of sp³-hybridized carbons (Fsp3) is 0.824. The lowest BCUT2D eigenvalue weighted by molar-refractivity contribution is 0.0121. The second-order valence-corrected chi connectivity index (χ2v) is 7.86. The van der Waals surface area contributed by atoms with E-state index in [1.807, 2.05) is 11.7 Å². The van der Waals surface area contributed by atoms with Crippen LogP contribution < -0.4 is 0 Å². The largest absolute Gasteiger partial charge is 0.392 e. The van der Waals surface area contributed by atoms with Gasteiger partial charge in [-0.2, -0.15) is 5.10 Å². The molecule has 120 valence electrons. The molecule has 1 unspecified atom stereocenters. The average molecular weight is 357 g/mol. The summed E-state index contributed by atoms with van der Waals surface area (Å²) in [5, 5.41) is 15.5. The number of nitrogens with zero attached hydrogens (tertiary/aromatic N) is 2. The van der Waals surface area contributed by atoms with Crippen LogP contribution in [0, 0.1) is 11.3 Å². The van der Waals surface area contributed by atoms with E-state index in [1.165, 1.54) is 25.7 Å². The summed E-state index contributed by atoms with van der Waals surface area (Å²) in [7, 11) is 1.98. The third-order valence-electron chi connectivity index (χ3n) is 5.01. The molecule has 1 aromatic rings. The molecule has 21 heavy (non-hydrogen) atoms. The van der Waals surface area contributed by atoms with Crippen molar-refractivity contribution in [1.29, 1.82) is 0 Å². The third-order valence-corrected chi connectivity index (χ3v) is 5.93. The highest BCUT2D eigenvalue weighted by Crippen LogP contribution is 2.47. The van der Waals surface area contributed by atoms with Gasteiger partial charge in [0.1, 0.15) is 0 Å². The monoisotopic (exact) mass is 356 g/mol. The van der Waals surface area contributed by atoms with Gasteiger partial charge in [0.15, 0.2) is 0 Å². The van der Waals surface area contributed by atoms with Crippen molar-refractivity contribution in [3.05, 3.63) is 15.9 Å². The summed E-state index contributed by atoms with van der Waals surface area (Å²) in [6.07, 6.45) is 7.35. The first-order valence-electron chi connectivity index (χ1n) is 8.28. The van der Waals surface area contributed by atoms with Gasteiger partial charge in [0.2, 0.25) is 0 Å². The van der Waals surface area contributed by atoms with Gasteiger partial charge in [-0.3, -0.25) is 4.68 Å². The van der Waals surface area contributed by atoms with Gasteiger partial charge in [-0.05, 0) is 52.9 Å². The zero-order valence-electron chi connectivity index (χ0n) is 13.8. The van der Waals surface area contributed by atoms with Crippen LogP contribution in [0.15, 0.2) is 4.47 Å². The number of halogens is 1. The topological polar surface area (TPSA) is 38.0 Å². The summed E-state index contributed by atoms with van der Waals surface area (Å²) in [4.78, 5) is 0. The lowest BCUT2D eigenvalue weighted by Crippen LogP contribution is -2.36. The Morgan fingerprint density at radius 2 is 1.95 bits per heavy atom. The van der Waals surface area contributed by atoms with Gasteiger partial charge < -0.3 is 5.11 Å². The van der Waals surface area contributed by atoms with Gasteiger partial charge in [0.05, 0.1) is 22.0 Å². The highest BCUT2D eigenvalue weighted by molar-refractivity contribution is 9.10. The predicted molar refractivity (Wildman–Crippen MR) is 90.4 cm³/mol. The van der Waals surface area contributed by atoms with Crippen molar-refractivity contribution in [2.45, 2.75) is 71.8 Å². The highest BCUT2D eigenvalue weighted by atomic mass is 79.9. The van der Waals surface area contributed by atoms with E-state index >= 15 is 0 Å². The molecule has 1 aromatic heterocycles. The number of aliphatic hydroxyl groups is 1. The summed E-state index contributed by atoms with van der Waals surface area (Å²) in [5.74, 6) is 0.638. The van der Waals surface area contributed by atoms with Crippen molar-refractivity contribution >= 4 is 15.9 Å². The predicted octanol–water partition coefficient (Wildman–Crippen LogP) is 4.25. The molecule has 0 aromatic carbocycles. The van der Waals surface area contributed by atoms with Crippen molar-refractivity contribution in [1.82, 2.24) is 9.78 Å². The normalized spacial score (nSPS) is 19.4. The Morgan fingerprint density at radius 1 is 1.33 bits per heavy atom. The molecule has 0 radical (unpaired) electrons.